The van der Waals surface area contributed by atoms with Crippen molar-refractivity contribution in [2.24, 2.45) is 0 Å². The number of carboxylic acid groups (broad SMARTS) is 1. The second-order valence-electron chi connectivity index (χ2n) is 2.81. The van der Waals surface area contributed by atoms with Gasteiger partial charge in [0.15, 0.2) is 0 Å². The predicted molar refractivity (Wildman–Crippen MR) is 50.1 cm³/mol. The number of hydrogen-bond donors (Lipinski definition) is 1. The van der Waals surface area contributed by atoms with Crippen molar-refractivity contribution in [3.8, 4) is 0 Å². The summed E-state index contributed by atoms with van der Waals surface area (Å²) in [6.07, 6.45) is 0.376. The van der Waals surface area contributed by atoms with Crippen LogP contribution >= 0.6 is 0 Å². The Kier molecular flexibility index (Phi) is 3.61. The SMILES string of the molecule is O=C(O)c1ccc(CCO[N+](=O)[O-])cc1. The van der Waals surface area contributed by atoms with Crippen molar-refractivity contribution in [1.82, 2.24) is 0 Å². The van der Waals surface area contributed by atoms with Gasteiger partial charge in [-0.15, -0.1) is 10.1 Å². The molecule has 0 saturated heterocycles. The Labute approximate surface area is 85.2 Å². The second kappa shape index (κ2) is 4.94. The van der Waals surface area contributed by atoms with E-state index in [2.05, 4.69) is 4.84 Å². The average Bonchev–Trinajstić information content (AvgIpc) is 2.18. The molecule has 0 atom stereocenters. The van der Waals surface area contributed by atoms with Crippen LogP contribution in [0.4, 0.5) is 0 Å². The average molecular weight is 211 g/mol. The first-order valence-corrected chi connectivity index (χ1v) is 4.19. The Bertz CT molecular complexity index is 359. The Hall–Kier alpha value is -2.11. The summed E-state index contributed by atoms with van der Waals surface area (Å²) in [6, 6.07) is 6.10. The quantitative estimate of drug-likeness (QED) is 0.582. The lowest BCUT2D eigenvalue weighted by Gasteiger charge is -2.00. The highest BCUT2D eigenvalue weighted by atomic mass is 16.9. The van der Waals surface area contributed by atoms with Crippen molar-refractivity contribution in [3.63, 3.8) is 0 Å². The smallest absolute Gasteiger partial charge is 0.335 e. The van der Waals surface area contributed by atoms with Crippen molar-refractivity contribution in [2.45, 2.75) is 6.42 Å². The highest BCUT2D eigenvalue weighted by molar-refractivity contribution is 5.87. The summed E-state index contributed by atoms with van der Waals surface area (Å²) >= 11 is 0. The van der Waals surface area contributed by atoms with Crippen LogP contribution in [0.3, 0.4) is 0 Å². The maximum atomic E-state index is 10.5. The zero-order chi connectivity index (χ0) is 11.3. The number of rotatable bonds is 5. The van der Waals surface area contributed by atoms with Crippen molar-refractivity contribution in [1.29, 1.82) is 0 Å². The molecule has 0 bridgehead atoms. The van der Waals surface area contributed by atoms with Crippen LogP contribution in [0.15, 0.2) is 24.3 Å². The van der Waals surface area contributed by atoms with Crippen LogP contribution in [0.25, 0.3) is 0 Å². The fourth-order valence-electron chi connectivity index (χ4n) is 1.05. The number of aromatic carboxylic acids is 1. The van der Waals surface area contributed by atoms with Crippen LogP contribution in [0.1, 0.15) is 15.9 Å². The van der Waals surface area contributed by atoms with Crippen LogP contribution in [0.2, 0.25) is 0 Å². The third-order valence-corrected chi connectivity index (χ3v) is 1.79. The van der Waals surface area contributed by atoms with Gasteiger partial charge in [0, 0.05) is 0 Å². The van der Waals surface area contributed by atoms with Crippen LogP contribution < -0.4 is 0 Å². The lowest BCUT2D eigenvalue weighted by atomic mass is 10.1. The van der Waals surface area contributed by atoms with Gasteiger partial charge < -0.3 is 9.94 Å². The summed E-state index contributed by atoms with van der Waals surface area (Å²) in [4.78, 5) is 24.5. The van der Waals surface area contributed by atoms with E-state index in [1.165, 1.54) is 12.1 Å². The minimum Gasteiger partial charge on any atom is -0.478 e. The van der Waals surface area contributed by atoms with Gasteiger partial charge in [-0.2, -0.15) is 0 Å². The van der Waals surface area contributed by atoms with Crippen LogP contribution in [-0.4, -0.2) is 22.8 Å². The van der Waals surface area contributed by atoms with E-state index < -0.39 is 11.1 Å². The monoisotopic (exact) mass is 211 g/mol. The van der Waals surface area contributed by atoms with Gasteiger partial charge in [-0.1, -0.05) is 12.1 Å². The summed E-state index contributed by atoms with van der Waals surface area (Å²) in [7, 11) is 0. The van der Waals surface area contributed by atoms with E-state index in [0.29, 0.717) is 6.42 Å². The van der Waals surface area contributed by atoms with Crippen LogP contribution in [0.5, 0.6) is 0 Å². The number of nitrogens with zero attached hydrogens (tertiary/aromatic N) is 1. The zero-order valence-corrected chi connectivity index (χ0v) is 7.75. The molecule has 0 saturated carbocycles. The second-order valence-corrected chi connectivity index (χ2v) is 2.81. The molecular weight excluding hydrogens is 202 g/mol. The summed E-state index contributed by atoms with van der Waals surface area (Å²) in [5.74, 6) is -0.997. The lowest BCUT2D eigenvalue weighted by molar-refractivity contribution is -0.757. The standard InChI is InChI=1S/C9H9NO5/c11-9(12)8-3-1-7(2-4-8)5-6-15-10(13)14/h1-4H,5-6H2,(H,11,12). The molecule has 0 unspecified atom stereocenters. The first kappa shape index (κ1) is 11.0. The molecule has 0 fully saturated rings. The fourth-order valence-corrected chi connectivity index (χ4v) is 1.05. The third-order valence-electron chi connectivity index (χ3n) is 1.79. The molecule has 80 valence electrons. The molecule has 0 aliphatic heterocycles. The van der Waals surface area contributed by atoms with Gasteiger partial charge in [0.05, 0.1) is 5.56 Å². The molecule has 0 amide bonds. The van der Waals surface area contributed by atoms with E-state index in [1.54, 1.807) is 12.1 Å². The molecule has 6 nitrogen and oxygen atoms in total. The van der Waals surface area contributed by atoms with E-state index in [0.717, 1.165) is 5.56 Å². The number of hydrogen-bond acceptors (Lipinski definition) is 4. The van der Waals surface area contributed by atoms with Gasteiger partial charge in [0.25, 0.3) is 5.09 Å². The van der Waals surface area contributed by atoms with Gasteiger partial charge in [-0.25, -0.2) is 4.79 Å². The molecule has 0 radical (unpaired) electrons. The predicted octanol–water partition coefficient (Wildman–Crippen LogP) is 1.14. The first-order valence-electron chi connectivity index (χ1n) is 4.19. The highest BCUT2D eigenvalue weighted by Gasteiger charge is 2.02. The maximum absolute atomic E-state index is 10.5. The molecule has 15 heavy (non-hydrogen) atoms. The summed E-state index contributed by atoms with van der Waals surface area (Å²) in [5.41, 5.74) is 0.982. The van der Waals surface area contributed by atoms with E-state index in [1.807, 2.05) is 0 Å². The molecule has 0 spiro atoms. The molecule has 0 heterocycles. The van der Waals surface area contributed by atoms with Crippen molar-refractivity contribution in [3.05, 3.63) is 45.5 Å². The van der Waals surface area contributed by atoms with E-state index >= 15 is 0 Å². The Balaban J connectivity index is 2.50. The molecule has 0 aliphatic carbocycles. The molecule has 1 rings (SSSR count). The van der Waals surface area contributed by atoms with Gasteiger partial charge in [-0.3, -0.25) is 0 Å². The Morgan fingerprint density at radius 1 is 1.40 bits per heavy atom. The van der Waals surface area contributed by atoms with Gasteiger partial charge in [0.2, 0.25) is 0 Å². The highest BCUT2D eigenvalue weighted by Crippen LogP contribution is 2.05. The minimum atomic E-state index is -0.997. The van der Waals surface area contributed by atoms with Crippen LogP contribution in [-0.2, 0) is 11.3 Å². The molecule has 6 heteroatoms. The third kappa shape index (κ3) is 3.63. The number of benzene rings is 1. The van der Waals surface area contributed by atoms with Crippen LogP contribution in [0, 0.1) is 10.1 Å². The van der Waals surface area contributed by atoms with Gasteiger partial charge in [0.1, 0.15) is 6.61 Å². The Morgan fingerprint density at radius 3 is 2.47 bits per heavy atom. The molecule has 0 aliphatic rings. The molecule has 1 aromatic rings. The minimum absolute atomic E-state index is 0.0284. The zero-order valence-electron chi connectivity index (χ0n) is 7.75. The number of carboxylic acids is 1. The normalized spacial score (nSPS) is 9.60. The summed E-state index contributed by atoms with van der Waals surface area (Å²) in [5, 5.41) is 17.6. The lowest BCUT2D eigenvalue weighted by Crippen LogP contribution is -2.05. The van der Waals surface area contributed by atoms with E-state index in [9.17, 15) is 14.9 Å². The Morgan fingerprint density at radius 2 is 2.00 bits per heavy atom. The van der Waals surface area contributed by atoms with Crippen molar-refractivity contribution < 1.29 is 19.8 Å². The molecule has 1 N–H and O–H groups in total. The van der Waals surface area contributed by atoms with Gasteiger partial charge in [-0.05, 0) is 24.1 Å². The van der Waals surface area contributed by atoms with Crippen molar-refractivity contribution >= 4 is 5.97 Å². The number of carbonyl (C=O) groups is 1. The fraction of sp³-hybridized carbons (Fsp3) is 0.222. The molecule has 0 aromatic heterocycles. The molecular formula is C9H9NO5. The van der Waals surface area contributed by atoms with Crippen molar-refractivity contribution in [2.75, 3.05) is 6.61 Å². The largest absolute Gasteiger partial charge is 0.478 e. The van der Waals surface area contributed by atoms with Gasteiger partial charge >= 0.3 is 5.97 Å². The summed E-state index contributed by atoms with van der Waals surface area (Å²) in [6.45, 7) is -0.0284. The maximum Gasteiger partial charge on any atom is 0.335 e. The van der Waals surface area contributed by atoms with E-state index in [4.69, 9.17) is 5.11 Å². The summed E-state index contributed by atoms with van der Waals surface area (Å²) < 4.78 is 0. The van der Waals surface area contributed by atoms with E-state index in [-0.39, 0.29) is 12.2 Å². The first-order chi connectivity index (χ1) is 7.09. The topological polar surface area (TPSA) is 89.7 Å². The molecule has 1 aromatic carbocycles.